The average molecular weight is 538 g/mol. The predicted octanol–water partition coefficient (Wildman–Crippen LogP) is 4.71. The van der Waals surface area contributed by atoms with E-state index in [0.717, 1.165) is 12.1 Å². The van der Waals surface area contributed by atoms with Crippen molar-refractivity contribution in [3.8, 4) is 23.3 Å². The number of non-ortho nitro benzene ring substituents is 1. The lowest BCUT2D eigenvalue weighted by Crippen LogP contribution is -2.13. The van der Waals surface area contributed by atoms with Crippen molar-refractivity contribution >= 4 is 33.5 Å². The van der Waals surface area contributed by atoms with Gasteiger partial charge in [-0.15, -0.1) is 0 Å². The number of nitrogens with one attached hydrogen (secondary N) is 1. The van der Waals surface area contributed by atoms with Gasteiger partial charge in [-0.1, -0.05) is 18.2 Å². The summed E-state index contributed by atoms with van der Waals surface area (Å²) in [7, 11) is -4.43. The summed E-state index contributed by atoms with van der Waals surface area (Å²) in [6.45, 7) is 4.11. The molecule has 11 nitrogen and oxygen atoms in total. The van der Waals surface area contributed by atoms with Gasteiger partial charge in [0, 0.05) is 23.9 Å². The summed E-state index contributed by atoms with van der Waals surface area (Å²) in [4.78, 5) is 22.6. The standard InChI is InChI=1S/C26H23N3O8S/c1-3-35-22-9-5-7-20(15-22)28-26(30)19(17-27)13-18-11-12-24(25(14-18)36-4-2)37-38(33,34)23-10-6-8-21(16-23)29(31)32/h5-16H,3-4H2,1-2H3,(H,28,30)/b19-13+. The first-order chi connectivity index (χ1) is 18.2. The Morgan fingerprint density at radius 1 is 1.03 bits per heavy atom. The van der Waals surface area contributed by atoms with E-state index in [1.54, 1.807) is 31.2 Å². The van der Waals surface area contributed by atoms with Crippen LogP contribution in [-0.2, 0) is 14.9 Å². The Bertz CT molecular complexity index is 1530. The van der Waals surface area contributed by atoms with E-state index in [0.29, 0.717) is 23.6 Å². The molecule has 0 aliphatic heterocycles. The highest BCUT2D eigenvalue weighted by Crippen LogP contribution is 2.32. The van der Waals surface area contributed by atoms with Crippen LogP contribution in [0.25, 0.3) is 6.08 Å². The molecule has 0 aromatic heterocycles. The first kappa shape index (κ1) is 27.7. The fourth-order valence-electron chi connectivity index (χ4n) is 3.21. The monoisotopic (exact) mass is 537 g/mol. The van der Waals surface area contributed by atoms with E-state index in [9.17, 15) is 28.6 Å². The van der Waals surface area contributed by atoms with E-state index in [2.05, 4.69) is 5.32 Å². The number of carbonyl (C=O) groups is 1. The van der Waals surface area contributed by atoms with E-state index in [4.69, 9.17) is 13.7 Å². The van der Waals surface area contributed by atoms with Crippen LogP contribution in [0.4, 0.5) is 11.4 Å². The highest BCUT2D eigenvalue weighted by atomic mass is 32.2. The van der Waals surface area contributed by atoms with Crippen molar-refractivity contribution in [2.24, 2.45) is 0 Å². The van der Waals surface area contributed by atoms with Crippen LogP contribution < -0.4 is 19.0 Å². The van der Waals surface area contributed by atoms with Gasteiger partial charge in [-0.05, 0) is 55.8 Å². The molecule has 1 N–H and O–H groups in total. The second-order valence-corrected chi connectivity index (χ2v) is 9.06. The molecule has 3 aromatic rings. The third-order valence-corrected chi connectivity index (χ3v) is 6.09. The molecule has 0 fully saturated rings. The van der Waals surface area contributed by atoms with Crippen LogP contribution in [0.5, 0.6) is 17.2 Å². The van der Waals surface area contributed by atoms with Crippen molar-refractivity contribution in [1.82, 2.24) is 0 Å². The molecule has 0 radical (unpaired) electrons. The number of amides is 1. The largest absolute Gasteiger partial charge is 0.494 e. The summed E-state index contributed by atoms with van der Waals surface area (Å²) < 4.78 is 41.6. The lowest BCUT2D eigenvalue weighted by molar-refractivity contribution is -0.385. The summed E-state index contributed by atoms with van der Waals surface area (Å²) in [5.41, 5.74) is 0.176. The number of nitrogens with zero attached hydrogens (tertiary/aromatic N) is 2. The van der Waals surface area contributed by atoms with Gasteiger partial charge in [0.05, 0.1) is 18.1 Å². The Morgan fingerprint density at radius 3 is 2.45 bits per heavy atom. The zero-order valence-corrected chi connectivity index (χ0v) is 21.2. The third-order valence-electron chi connectivity index (χ3n) is 4.86. The van der Waals surface area contributed by atoms with Gasteiger partial charge in [-0.25, -0.2) is 0 Å². The second kappa shape index (κ2) is 12.4. The van der Waals surface area contributed by atoms with Crippen LogP contribution in [-0.4, -0.2) is 32.5 Å². The van der Waals surface area contributed by atoms with Crippen LogP contribution in [0.2, 0.25) is 0 Å². The molecule has 0 bridgehead atoms. The SMILES string of the molecule is CCOc1cccc(NC(=O)/C(C#N)=C/c2ccc(OS(=O)(=O)c3cccc([N+](=O)[O-])c3)c(OCC)c2)c1. The van der Waals surface area contributed by atoms with Crippen molar-refractivity contribution in [3.63, 3.8) is 0 Å². The van der Waals surface area contributed by atoms with Crippen molar-refractivity contribution in [2.75, 3.05) is 18.5 Å². The number of nitro benzene ring substituents is 1. The smallest absolute Gasteiger partial charge is 0.339 e. The highest BCUT2D eigenvalue weighted by Gasteiger charge is 2.22. The maximum Gasteiger partial charge on any atom is 0.339 e. The number of hydrogen-bond acceptors (Lipinski definition) is 9. The molecule has 0 aliphatic carbocycles. The van der Waals surface area contributed by atoms with Gasteiger partial charge < -0.3 is 19.0 Å². The van der Waals surface area contributed by atoms with Gasteiger partial charge in [0.25, 0.3) is 11.6 Å². The minimum atomic E-state index is -4.43. The van der Waals surface area contributed by atoms with Gasteiger partial charge in [0.1, 0.15) is 22.3 Å². The molecule has 0 atom stereocenters. The Kier molecular flexibility index (Phi) is 9.02. The molecule has 196 valence electrons. The number of nitro groups is 1. The zero-order chi connectivity index (χ0) is 27.7. The van der Waals surface area contributed by atoms with Crippen molar-refractivity contribution < 1.29 is 31.8 Å². The van der Waals surface area contributed by atoms with E-state index in [-0.39, 0.29) is 23.7 Å². The molecule has 0 spiro atoms. The minimum absolute atomic E-state index is 0.0253. The average Bonchev–Trinajstić information content (AvgIpc) is 2.89. The van der Waals surface area contributed by atoms with Gasteiger partial charge in [0.2, 0.25) is 0 Å². The maximum atomic E-state index is 12.8. The topological polar surface area (TPSA) is 158 Å². The molecule has 12 heteroatoms. The summed E-state index contributed by atoms with van der Waals surface area (Å²) in [5, 5.41) is 23.2. The zero-order valence-electron chi connectivity index (χ0n) is 20.4. The second-order valence-electron chi connectivity index (χ2n) is 7.52. The molecule has 0 unspecified atom stereocenters. The molecule has 3 rings (SSSR count). The van der Waals surface area contributed by atoms with Crippen LogP contribution >= 0.6 is 0 Å². The number of nitriles is 1. The first-order valence-electron chi connectivity index (χ1n) is 11.3. The molecule has 0 saturated carbocycles. The van der Waals surface area contributed by atoms with Crippen LogP contribution in [0, 0.1) is 21.4 Å². The Labute approximate surface area is 219 Å². The number of ether oxygens (including phenoxy) is 2. The molecular formula is C26H23N3O8S. The van der Waals surface area contributed by atoms with Crippen molar-refractivity contribution in [2.45, 2.75) is 18.7 Å². The van der Waals surface area contributed by atoms with Gasteiger partial charge in [-0.2, -0.15) is 13.7 Å². The van der Waals surface area contributed by atoms with Crippen LogP contribution in [0.3, 0.4) is 0 Å². The summed E-state index contributed by atoms with van der Waals surface area (Å²) in [6, 6.07) is 17.1. The quantitative estimate of drug-likeness (QED) is 0.120. The minimum Gasteiger partial charge on any atom is -0.494 e. The number of benzene rings is 3. The van der Waals surface area contributed by atoms with E-state index in [1.165, 1.54) is 36.4 Å². The summed E-state index contributed by atoms with van der Waals surface area (Å²) in [6.07, 6.45) is 1.31. The fraction of sp³-hybridized carbons (Fsp3) is 0.154. The number of carbonyl (C=O) groups excluding carboxylic acids is 1. The van der Waals surface area contributed by atoms with Gasteiger partial charge in [-0.3, -0.25) is 14.9 Å². The predicted molar refractivity (Wildman–Crippen MR) is 138 cm³/mol. The van der Waals surface area contributed by atoms with Crippen molar-refractivity contribution in [1.29, 1.82) is 5.26 Å². The van der Waals surface area contributed by atoms with E-state index < -0.39 is 31.5 Å². The van der Waals surface area contributed by atoms with E-state index >= 15 is 0 Å². The molecule has 0 aliphatic rings. The lowest BCUT2D eigenvalue weighted by atomic mass is 10.1. The molecule has 3 aromatic carbocycles. The molecule has 1 amide bonds. The van der Waals surface area contributed by atoms with Gasteiger partial charge in [0.15, 0.2) is 11.5 Å². The van der Waals surface area contributed by atoms with E-state index in [1.807, 2.05) is 13.0 Å². The molecule has 38 heavy (non-hydrogen) atoms. The first-order valence-corrected chi connectivity index (χ1v) is 12.7. The Balaban J connectivity index is 1.87. The number of hydrogen-bond donors (Lipinski definition) is 1. The Hall–Kier alpha value is -4.89. The number of anilines is 1. The normalized spacial score (nSPS) is 11.2. The highest BCUT2D eigenvalue weighted by molar-refractivity contribution is 7.87. The third kappa shape index (κ3) is 7.08. The summed E-state index contributed by atoms with van der Waals surface area (Å²) in [5.74, 6) is -0.249. The Morgan fingerprint density at radius 2 is 1.76 bits per heavy atom. The fourth-order valence-corrected chi connectivity index (χ4v) is 4.20. The number of rotatable bonds is 11. The van der Waals surface area contributed by atoms with Crippen LogP contribution in [0.15, 0.2) is 77.2 Å². The van der Waals surface area contributed by atoms with Gasteiger partial charge >= 0.3 is 10.1 Å². The molecule has 0 saturated heterocycles. The molecule has 0 heterocycles. The maximum absolute atomic E-state index is 12.8. The van der Waals surface area contributed by atoms with Crippen LogP contribution in [0.1, 0.15) is 19.4 Å². The lowest BCUT2D eigenvalue weighted by Gasteiger charge is -2.13. The summed E-state index contributed by atoms with van der Waals surface area (Å²) >= 11 is 0. The van der Waals surface area contributed by atoms with Crippen molar-refractivity contribution in [3.05, 3.63) is 88.0 Å². The molecular weight excluding hydrogens is 514 g/mol.